The summed E-state index contributed by atoms with van der Waals surface area (Å²) in [6, 6.07) is 2.00. The number of nitrogens with zero attached hydrogens (tertiary/aromatic N) is 3. The van der Waals surface area contributed by atoms with E-state index in [0.717, 1.165) is 25.2 Å². The van der Waals surface area contributed by atoms with Crippen molar-refractivity contribution in [1.29, 1.82) is 0 Å². The summed E-state index contributed by atoms with van der Waals surface area (Å²) >= 11 is 0. The van der Waals surface area contributed by atoms with E-state index in [-0.39, 0.29) is 5.97 Å². The van der Waals surface area contributed by atoms with Crippen LogP contribution in [-0.4, -0.2) is 41.4 Å². The van der Waals surface area contributed by atoms with Crippen molar-refractivity contribution in [2.75, 3.05) is 20.7 Å². The molecule has 16 heavy (non-hydrogen) atoms. The van der Waals surface area contributed by atoms with Gasteiger partial charge in [-0.3, -0.25) is 9.48 Å². The quantitative estimate of drug-likeness (QED) is 0.672. The van der Waals surface area contributed by atoms with Gasteiger partial charge in [0.1, 0.15) is 0 Å². The van der Waals surface area contributed by atoms with Crippen molar-refractivity contribution in [2.45, 2.75) is 19.4 Å². The van der Waals surface area contributed by atoms with Crippen LogP contribution in [-0.2, 0) is 23.1 Å². The smallest absolute Gasteiger partial charge is 0.305 e. The lowest BCUT2D eigenvalue weighted by Gasteiger charge is -2.14. The first-order chi connectivity index (χ1) is 7.61. The molecule has 5 heteroatoms. The minimum Gasteiger partial charge on any atom is -0.469 e. The number of aromatic nitrogens is 2. The van der Waals surface area contributed by atoms with Crippen LogP contribution in [0.2, 0.25) is 0 Å². The number of hydrogen-bond donors (Lipinski definition) is 0. The third-order valence-electron chi connectivity index (χ3n) is 2.35. The monoisotopic (exact) mass is 225 g/mol. The Balaban J connectivity index is 2.20. The van der Waals surface area contributed by atoms with Gasteiger partial charge in [0.05, 0.1) is 12.8 Å². The fraction of sp³-hybridized carbons (Fsp3) is 0.636. The molecule has 0 aliphatic heterocycles. The number of carbonyl (C=O) groups is 1. The molecule has 0 N–H and O–H groups in total. The predicted octanol–water partition coefficient (Wildman–Crippen LogP) is 0.805. The second-order valence-electron chi connectivity index (χ2n) is 3.90. The van der Waals surface area contributed by atoms with E-state index < -0.39 is 0 Å². The summed E-state index contributed by atoms with van der Waals surface area (Å²) in [6.45, 7) is 1.67. The molecule has 0 bridgehead atoms. The maximum absolute atomic E-state index is 10.9. The Labute approximate surface area is 96.0 Å². The summed E-state index contributed by atoms with van der Waals surface area (Å²) in [7, 11) is 5.34. The third-order valence-corrected chi connectivity index (χ3v) is 2.35. The van der Waals surface area contributed by atoms with E-state index in [1.165, 1.54) is 7.11 Å². The number of aryl methyl sites for hydroxylation is 1. The molecular weight excluding hydrogens is 206 g/mol. The fourth-order valence-corrected chi connectivity index (χ4v) is 1.50. The molecule has 90 valence electrons. The summed E-state index contributed by atoms with van der Waals surface area (Å²) in [4.78, 5) is 13.0. The lowest BCUT2D eigenvalue weighted by molar-refractivity contribution is -0.140. The van der Waals surface area contributed by atoms with Crippen LogP contribution < -0.4 is 0 Å². The molecular formula is C11H19N3O2. The molecule has 5 nitrogen and oxygen atoms in total. The third kappa shape index (κ3) is 4.44. The van der Waals surface area contributed by atoms with Gasteiger partial charge in [-0.1, -0.05) is 0 Å². The van der Waals surface area contributed by atoms with Gasteiger partial charge in [-0.15, -0.1) is 0 Å². The number of hydrogen-bond acceptors (Lipinski definition) is 4. The lowest BCUT2D eigenvalue weighted by Crippen LogP contribution is -2.20. The Morgan fingerprint density at radius 2 is 2.38 bits per heavy atom. The van der Waals surface area contributed by atoms with Crippen LogP contribution in [0.15, 0.2) is 12.3 Å². The van der Waals surface area contributed by atoms with Crippen molar-refractivity contribution in [3.63, 3.8) is 0 Å². The Bertz CT molecular complexity index is 336. The summed E-state index contributed by atoms with van der Waals surface area (Å²) in [5.74, 6) is -0.147. The molecule has 0 atom stereocenters. The molecule has 0 saturated heterocycles. The molecule has 1 aromatic heterocycles. The second-order valence-corrected chi connectivity index (χ2v) is 3.90. The van der Waals surface area contributed by atoms with Crippen LogP contribution in [0.4, 0.5) is 0 Å². The number of rotatable bonds is 6. The maximum Gasteiger partial charge on any atom is 0.305 e. The first-order valence-corrected chi connectivity index (χ1v) is 5.35. The van der Waals surface area contributed by atoms with Crippen LogP contribution in [0.5, 0.6) is 0 Å². The van der Waals surface area contributed by atoms with Crippen molar-refractivity contribution in [3.8, 4) is 0 Å². The zero-order chi connectivity index (χ0) is 12.0. The average Bonchev–Trinajstić information content (AvgIpc) is 2.63. The van der Waals surface area contributed by atoms with E-state index in [0.29, 0.717) is 6.42 Å². The highest BCUT2D eigenvalue weighted by Gasteiger charge is 2.05. The normalized spacial score (nSPS) is 10.8. The largest absolute Gasteiger partial charge is 0.469 e. The van der Waals surface area contributed by atoms with Crippen LogP contribution in [0.25, 0.3) is 0 Å². The first kappa shape index (κ1) is 12.7. The van der Waals surface area contributed by atoms with Gasteiger partial charge in [0.25, 0.3) is 0 Å². The highest BCUT2D eigenvalue weighted by Crippen LogP contribution is 2.01. The van der Waals surface area contributed by atoms with Crippen molar-refractivity contribution >= 4 is 5.97 Å². The van der Waals surface area contributed by atoms with Gasteiger partial charge in [0, 0.05) is 26.2 Å². The molecule has 0 saturated carbocycles. The van der Waals surface area contributed by atoms with Crippen molar-refractivity contribution in [1.82, 2.24) is 14.7 Å². The van der Waals surface area contributed by atoms with Crippen LogP contribution >= 0.6 is 0 Å². The van der Waals surface area contributed by atoms with Crippen molar-refractivity contribution in [2.24, 2.45) is 7.05 Å². The van der Waals surface area contributed by atoms with E-state index >= 15 is 0 Å². The number of carbonyl (C=O) groups excluding carboxylic acids is 1. The zero-order valence-corrected chi connectivity index (χ0v) is 10.1. The predicted molar refractivity (Wildman–Crippen MR) is 60.8 cm³/mol. The first-order valence-electron chi connectivity index (χ1n) is 5.35. The zero-order valence-electron chi connectivity index (χ0n) is 10.1. The maximum atomic E-state index is 10.9. The van der Waals surface area contributed by atoms with Gasteiger partial charge >= 0.3 is 5.97 Å². The minimum atomic E-state index is -0.147. The average molecular weight is 225 g/mol. The molecule has 0 spiro atoms. The van der Waals surface area contributed by atoms with Crippen LogP contribution in [0, 0.1) is 0 Å². The van der Waals surface area contributed by atoms with Gasteiger partial charge < -0.3 is 9.64 Å². The van der Waals surface area contributed by atoms with Crippen molar-refractivity contribution < 1.29 is 9.53 Å². The van der Waals surface area contributed by atoms with Gasteiger partial charge in [-0.05, 0) is 26.1 Å². The molecule has 0 aliphatic rings. The summed E-state index contributed by atoms with van der Waals surface area (Å²) in [5.41, 5.74) is 1.04. The summed E-state index contributed by atoms with van der Waals surface area (Å²) < 4.78 is 6.37. The Morgan fingerprint density at radius 1 is 1.62 bits per heavy atom. The topological polar surface area (TPSA) is 47.4 Å². The SMILES string of the molecule is COC(=O)CCCN(C)Cc1ccn(C)n1. The van der Waals surface area contributed by atoms with Crippen LogP contribution in [0.1, 0.15) is 18.5 Å². The van der Waals surface area contributed by atoms with Crippen LogP contribution in [0.3, 0.4) is 0 Å². The highest BCUT2D eigenvalue weighted by molar-refractivity contribution is 5.69. The summed E-state index contributed by atoms with van der Waals surface area (Å²) in [6.07, 6.45) is 3.22. The van der Waals surface area contributed by atoms with E-state index in [4.69, 9.17) is 0 Å². The number of esters is 1. The lowest BCUT2D eigenvalue weighted by atomic mass is 10.3. The molecule has 0 aromatic carbocycles. The number of ether oxygens (including phenoxy) is 1. The molecule has 1 rings (SSSR count). The Kier molecular flexibility index (Phi) is 4.98. The number of methoxy groups -OCH3 is 1. The Hall–Kier alpha value is -1.36. The van der Waals surface area contributed by atoms with E-state index in [9.17, 15) is 4.79 Å². The molecule has 1 heterocycles. The highest BCUT2D eigenvalue weighted by atomic mass is 16.5. The molecule has 0 radical (unpaired) electrons. The van der Waals surface area contributed by atoms with Gasteiger partial charge in [0.2, 0.25) is 0 Å². The van der Waals surface area contributed by atoms with Crippen molar-refractivity contribution in [3.05, 3.63) is 18.0 Å². The standard InChI is InChI=1S/C11H19N3O2/c1-13(7-4-5-11(15)16-3)9-10-6-8-14(2)12-10/h6,8H,4-5,7,9H2,1-3H3. The van der Waals surface area contributed by atoms with E-state index in [2.05, 4.69) is 14.7 Å². The van der Waals surface area contributed by atoms with E-state index in [1.807, 2.05) is 26.4 Å². The van der Waals surface area contributed by atoms with E-state index in [1.54, 1.807) is 4.68 Å². The molecule has 0 fully saturated rings. The van der Waals surface area contributed by atoms with Gasteiger partial charge in [0.15, 0.2) is 0 Å². The summed E-state index contributed by atoms with van der Waals surface area (Å²) in [5, 5.41) is 4.29. The van der Waals surface area contributed by atoms with Gasteiger partial charge in [-0.2, -0.15) is 5.10 Å². The Morgan fingerprint density at radius 3 is 2.94 bits per heavy atom. The second kappa shape index (κ2) is 6.27. The molecule has 0 unspecified atom stereocenters. The molecule has 0 amide bonds. The van der Waals surface area contributed by atoms with Gasteiger partial charge in [-0.25, -0.2) is 0 Å². The molecule has 0 aliphatic carbocycles. The fourth-order valence-electron chi connectivity index (χ4n) is 1.50. The molecule has 1 aromatic rings. The minimum absolute atomic E-state index is 0.147.